The first-order valence-electron chi connectivity index (χ1n) is 6.93. The van der Waals surface area contributed by atoms with Crippen LogP contribution in [-0.4, -0.2) is 23.9 Å². The summed E-state index contributed by atoms with van der Waals surface area (Å²) in [4.78, 5) is 14.5. The van der Waals surface area contributed by atoms with Crippen molar-refractivity contribution in [2.75, 3.05) is 13.1 Å². The first-order chi connectivity index (χ1) is 9.44. The highest BCUT2D eigenvalue weighted by Crippen LogP contribution is 2.30. The van der Waals surface area contributed by atoms with Crippen molar-refractivity contribution in [2.24, 2.45) is 5.41 Å². The monoisotopic (exact) mass is 331 g/mol. The first-order valence-corrected chi connectivity index (χ1v) is 7.73. The van der Waals surface area contributed by atoms with Crippen LogP contribution in [0.25, 0.3) is 10.8 Å². The summed E-state index contributed by atoms with van der Waals surface area (Å²) < 4.78 is 1.06. The molecule has 0 atom stereocenters. The van der Waals surface area contributed by atoms with E-state index in [9.17, 15) is 4.79 Å². The Hall–Kier alpha value is -1.35. The lowest BCUT2D eigenvalue weighted by atomic mass is 9.93. The van der Waals surface area contributed by atoms with E-state index in [0.717, 1.165) is 40.3 Å². The number of halogens is 1. The van der Waals surface area contributed by atoms with Crippen LogP contribution in [0, 0.1) is 5.41 Å². The van der Waals surface area contributed by atoms with Crippen molar-refractivity contribution in [1.29, 1.82) is 0 Å². The number of likely N-dealkylation sites (tertiary alicyclic amines) is 1. The van der Waals surface area contributed by atoms with Crippen LogP contribution in [0.4, 0.5) is 0 Å². The van der Waals surface area contributed by atoms with Gasteiger partial charge in [0.05, 0.1) is 0 Å². The molecule has 0 bridgehead atoms. The summed E-state index contributed by atoms with van der Waals surface area (Å²) in [5, 5.41) is 2.26. The average molecular weight is 332 g/mol. The van der Waals surface area contributed by atoms with Gasteiger partial charge in [-0.25, -0.2) is 0 Å². The Morgan fingerprint density at radius 1 is 1.15 bits per heavy atom. The van der Waals surface area contributed by atoms with Gasteiger partial charge in [0.15, 0.2) is 0 Å². The van der Waals surface area contributed by atoms with E-state index in [0.29, 0.717) is 0 Å². The van der Waals surface area contributed by atoms with Crippen LogP contribution in [0.3, 0.4) is 0 Å². The zero-order valence-corrected chi connectivity index (χ0v) is 13.4. The number of carbonyl (C=O) groups excluding carboxylic acids is 1. The van der Waals surface area contributed by atoms with E-state index >= 15 is 0 Å². The molecule has 2 aromatic carbocycles. The number of benzene rings is 2. The summed E-state index contributed by atoms with van der Waals surface area (Å²) in [7, 11) is 0. The molecule has 1 amide bonds. The van der Waals surface area contributed by atoms with E-state index in [1.165, 1.54) is 0 Å². The van der Waals surface area contributed by atoms with Crippen LogP contribution in [0.2, 0.25) is 0 Å². The van der Waals surface area contributed by atoms with Gasteiger partial charge >= 0.3 is 0 Å². The van der Waals surface area contributed by atoms with Gasteiger partial charge in [0, 0.05) is 23.1 Å². The molecule has 0 N–H and O–H groups in total. The molecule has 1 aliphatic rings. The summed E-state index contributed by atoms with van der Waals surface area (Å²) in [5.41, 5.74) is 1.04. The number of rotatable bonds is 1. The molecule has 0 aliphatic carbocycles. The topological polar surface area (TPSA) is 20.3 Å². The number of amides is 1. The fourth-order valence-electron chi connectivity index (χ4n) is 2.82. The molecule has 20 heavy (non-hydrogen) atoms. The number of hydrogen-bond acceptors (Lipinski definition) is 1. The van der Waals surface area contributed by atoms with E-state index in [1.807, 2.05) is 35.2 Å². The van der Waals surface area contributed by atoms with Gasteiger partial charge in [0.1, 0.15) is 0 Å². The Kier molecular flexibility index (Phi) is 3.33. The fraction of sp³-hybridized carbons (Fsp3) is 0.353. The minimum atomic E-state index is 0.153. The van der Waals surface area contributed by atoms with Crippen molar-refractivity contribution in [3.8, 4) is 0 Å². The van der Waals surface area contributed by atoms with Crippen molar-refractivity contribution >= 4 is 32.6 Å². The van der Waals surface area contributed by atoms with Crippen LogP contribution >= 0.6 is 15.9 Å². The van der Waals surface area contributed by atoms with Crippen LogP contribution in [0.5, 0.6) is 0 Å². The largest absolute Gasteiger partial charge is 0.338 e. The van der Waals surface area contributed by atoms with Crippen LogP contribution in [-0.2, 0) is 0 Å². The van der Waals surface area contributed by atoms with Crippen molar-refractivity contribution in [1.82, 2.24) is 4.90 Å². The summed E-state index contributed by atoms with van der Waals surface area (Å²) in [6.07, 6.45) is 1.08. The minimum absolute atomic E-state index is 0.153. The van der Waals surface area contributed by atoms with Crippen molar-refractivity contribution < 1.29 is 4.79 Å². The van der Waals surface area contributed by atoms with Crippen molar-refractivity contribution in [2.45, 2.75) is 20.3 Å². The van der Waals surface area contributed by atoms with E-state index in [1.54, 1.807) is 0 Å². The molecule has 0 unspecified atom stereocenters. The maximum absolute atomic E-state index is 12.6. The Morgan fingerprint density at radius 3 is 2.55 bits per heavy atom. The quantitative estimate of drug-likeness (QED) is 0.754. The number of nitrogens with zero attached hydrogens (tertiary/aromatic N) is 1. The zero-order valence-electron chi connectivity index (χ0n) is 11.8. The predicted molar refractivity (Wildman–Crippen MR) is 85.9 cm³/mol. The van der Waals surface area contributed by atoms with E-state index in [-0.39, 0.29) is 11.3 Å². The highest BCUT2D eigenvalue weighted by atomic mass is 79.9. The number of hydrogen-bond donors (Lipinski definition) is 0. The summed E-state index contributed by atoms with van der Waals surface area (Å²) in [5.74, 6) is 0.153. The smallest absolute Gasteiger partial charge is 0.253 e. The molecule has 0 spiro atoms. The molecule has 0 saturated carbocycles. The lowest BCUT2D eigenvalue weighted by Gasteiger charge is -2.20. The number of carbonyl (C=O) groups is 1. The molecule has 1 aliphatic heterocycles. The third kappa shape index (κ3) is 2.59. The molecule has 2 aromatic rings. The van der Waals surface area contributed by atoms with Gasteiger partial charge in [0.2, 0.25) is 0 Å². The van der Waals surface area contributed by atoms with Gasteiger partial charge in [0.25, 0.3) is 5.91 Å². The molecule has 104 valence electrons. The Labute approximate surface area is 127 Å². The Bertz CT molecular complexity index is 678. The molecule has 3 heteroatoms. The second-order valence-corrected chi connectivity index (χ2v) is 7.26. The normalized spacial score (nSPS) is 17.6. The Balaban J connectivity index is 1.90. The zero-order chi connectivity index (χ0) is 14.3. The predicted octanol–water partition coefficient (Wildman–Crippen LogP) is 4.47. The standard InChI is InChI=1S/C17H18BrNO/c1-17(2)7-8-19(11-17)16(20)14-4-3-13-10-15(18)6-5-12(13)9-14/h3-6,9-10H,7-8,11H2,1-2H3. The lowest BCUT2D eigenvalue weighted by Crippen LogP contribution is -2.30. The van der Waals surface area contributed by atoms with Gasteiger partial charge in [-0.05, 0) is 46.9 Å². The van der Waals surface area contributed by atoms with E-state index < -0.39 is 0 Å². The summed E-state index contributed by atoms with van der Waals surface area (Å²) in [6.45, 7) is 6.16. The second-order valence-electron chi connectivity index (χ2n) is 6.35. The maximum Gasteiger partial charge on any atom is 0.253 e. The van der Waals surface area contributed by atoms with E-state index in [4.69, 9.17) is 0 Å². The minimum Gasteiger partial charge on any atom is -0.338 e. The molecule has 3 rings (SSSR count). The molecular weight excluding hydrogens is 314 g/mol. The molecule has 0 radical (unpaired) electrons. The fourth-order valence-corrected chi connectivity index (χ4v) is 3.20. The second kappa shape index (κ2) is 4.88. The average Bonchev–Trinajstić information content (AvgIpc) is 2.77. The van der Waals surface area contributed by atoms with Crippen molar-refractivity contribution in [3.63, 3.8) is 0 Å². The molecular formula is C17H18BrNO. The van der Waals surface area contributed by atoms with Gasteiger partial charge in [-0.3, -0.25) is 4.79 Å². The molecule has 0 aromatic heterocycles. The van der Waals surface area contributed by atoms with Crippen LogP contribution in [0.1, 0.15) is 30.6 Å². The summed E-state index contributed by atoms with van der Waals surface area (Å²) >= 11 is 3.47. The third-order valence-corrected chi connectivity index (χ3v) is 4.51. The van der Waals surface area contributed by atoms with Crippen LogP contribution in [0.15, 0.2) is 40.9 Å². The maximum atomic E-state index is 12.6. The van der Waals surface area contributed by atoms with Crippen LogP contribution < -0.4 is 0 Å². The van der Waals surface area contributed by atoms with E-state index in [2.05, 4.69) is 35.8 Å². The van der Waals surface area contributed by atoms with Gasteiger partial charge in [-0.15, -0.1) is 0 Å². The molecule has 1 heterocycles. The third-order valence-electron chi connectivity index (χ3n) is 4.01. The SMILES string of the molecule is CC1(C)CCN(C(=O)c2ccc3cc(Br)ccc3c2)C1. The highest BCUT2D eigenvalue weighted by Gasteiger charge is 2.32. The van der Waals surface area contributed by atoms with Crippen molar-refractivity contribution in [3.05, 3.63) is 46.4 Å². The Morgan fingerprint density at radius 2 is 1.85 bits per heavy atom. The highest BCUT2D eigenvalue weighted by molar-refractivity contribution is 9.10. The van der Waals surface area contributed by atoms with Gasteiger partial charge in [-0.2, -0.15) is 0 Å². The first kappa shape index (κ1) is 13.6. The lowest BCUT2D eigenvalue weighted by molar-refractivity contribution is 0.0778. The van der Waals surface area contributed by atoms with Gasteiger partial charge in [-0.1, -0.05) is 41.9 Å². The molecule has 2 nitrogen and oxygen atoms in total. The molecule has 1 fully saturated rings. The summed E-state index contributed by atoms with van der Waals surface area (Å²) in [6, 6.07) is 12.1. The number of fused-ring (bicyclic) bond motifs is 1. The molecule has 1 saturated heterocycles. The van der Waals surface area contributed by atoms with Gasteiger partial charge < -0.3 is 4.90 Å².